The number of amides is 1. The van der Waals surface area contributed by atoms with Gasteiger partial charge in [0.15, 0.2) is 0 Å². The topological polar surface area (TPSA) is 34.0 Å². The van der Waals surface area contributed by atoms with E-state index in [2.05, 4.69) is 25.8 Å². The second-order valence-corrected chi connectivity index (χ2v) is 6.66. The molecule has 1 aliphatic carbocycles. The molecule has 0 aliphatic heterocycles. The third kappa shape index (κ3) is 2.94. The number of aromatic nitrogens is 1. The van der Waals surface area contributed by atoms with E-state index in [1.165, 1.54) is 0 Å². The summed E-state index contributed by atoms with van der Waals surface area (Å²) < 4.78 is 3.02. The zero-order chi connectivity index (χ0) is 14.1. The maximum atomic E-state index is 12.4. The van der Waals surface area contributed by atoms with E-state index < -0.39 is 0 Å². The Kier molecular flexibility index (Phi) is 3.89. The Morgan fingerprint density at radius 2 is 2.20 bits per heavy atom. The van der Waals surface area contributed by atoms with Crippen LogP contribution in [0.3, 0.4) is 0 Å². The molecule has 20 heavy (non-hydrogen) atoms. The molecule has 0 spiro atoms. The van der Waals surface area contributed by atoms with Crippen molar-refractivity contribution in [3.63, 3.8) is 0 Å². The lowest BCUT2D eigenvalue weighted by Gasteiger charge is -2.09. The van der Waals surface area contributed by atoms with Gasteiger partial charge >= 0.3 is 0 Å². The number of anilines is 1. The van der Waals surface area contributed by atoms with Crippen molar-refractivity contribution in [1.82, 2.24) is 4.57 Å². The number of nitrogens with zero attached hydrogens (tertiary/aromatic N) is 1. The van der Waals surface area contributed by atoms with Gasteiger partial charge in [-0.15, -0.1) is 11.8 Å². The maximum Gasteiger partial charge on any atom is 0.272 e. The third-order valence-electron chi connectivity index (χ3n) is 3.32. The van der Waals surface area contributed by atoms with Gasteiger partial charge in [-0.3, -0.25) is 4.79 Å². The summed E-state index contributed by atoms with van der Waals surface area (Å²) in [7, 11) is 0. The second kappa shape index (κ2) is 5.66. The van der Waals surface area contributed by atoms with Crippen LogP contribution in [-0.2, 0) is 0 Å². The van der Waals surface area contributed by atoms with Crippen LogP contribution in [0.1, 0.15) is 29.4 Å². The van der Waals surface area contributed by atoms with Crippen molar-refractivity contribution in [2.24, 2.45) is 0 Å². The average Bonchev–Trinajstić information content (AvgIpc) is 3.21. The van der Waals surface area contributed by atoms with Crippen LogP contribution in [0.5, 0.6) is 0 Å². The predicted molar refractivity (Wildman–Crippen MR) is 86.6 cm³/mol. The largest absolute Gasteiger partial charge is 0.339 e. The molecule has 1 heterocycles. The van der Waals surface area contributed by atoms with Gasteiger partial charge in [0.1, 0.15) is 5.69 Å². The summed E-state index contributed by atoms with van der Waals surface area (Å²) in [6, 6.07) is 10.3. The summed E-state index contributed by atoms with van der Waals surface area (Å²) in [6.45, 7) is 0. The van der Waals surface area contributed by atoms with Crippen molar-refractivity contribution in [1.29, 1.82) is 0 Å². The molecule has 5 heteroatoms. The van der Waals surface area contributed by atoms with Crippen molar-refractivity contribution in [2.75, 3.05) is 11.6 Å². The molecule has 1 aromatic carbocycles. The number of halogens is 1. The van der Waals surface area contributed by atoms with E-state index in [0.717, 1.165) is 27.9 Å². The van der Waals surface area contributed by atoms with E-state index >= 15 is 0 Å². The summed E-state index contributed by atoms with van der Waals surface area (Å²) in [5.41, 5.74) is 1.55. The van der Waals surface area contributed by atoms with Crippen LogP contribution in [0.25, 0.3) is 0 Å². The minimum absolute atomic E-state index is 0.0548. The fourth-order valence-corrected chi connectivity index (χ4v) is 3.08. The number of benzene rings is 1. The number of hydrogen-bond acceptors (Lipinski definition) is 2. The normalized spacial score (nSPS) is 14.3. The molecule has 3 rings (SSSR count). The molecule has 0 unspecified atom stereocenters. The summed E-state index contributed by atoms with van der Waals surface area (Å²) in [5, 5.41) is 2.98. The maximum absolute atomic E-state index is 12.4. The van der Waals surface area contributed by atoms with Crippen LogP contribution in [-0.4, -0.2) is 16.7 Å². The van der Waals surface area contributed by atoms with E-state index in [9.17, 15) is 4.79 Å². The van der Waals surface area contributed by atoms with Crippen molar-refractivity contribution in [3.05, 3.63) is 46.7 Å². The number of carbonyl (C=O) groups is 1. The van der Waals surface area contributed by atoms with Crippen LogP contribution in [0, 0.1) is 0 Å². The smallest absolute Gasteiger partial charge is 0.272 e. The molecule has 0 bridgehead atoms. The van der Waals surface area contributed by atoms with E-state index in [1.54, 1.807) is 11.8 Å². The highest BCUT2D eigenvalue weighted by Crippen LogP contribution is 2.37. The lowest BCUT2D eigenvalue weighted by molar-refractivity contribution is 0.101. The molecule has 104 valence electrons. The highest BCUT2D eigenvalue weighted by Gasteiger charge is 2.27. The molecule has 1 saturated carbocycles. The van der Waals surface area contributed by atoms with Gasteiger partial charge in [0.05, 0.1) is 0 Å². The van der Waals surface area contributed by atoms with Gasteiger partial charge in [0.25, 0.3) is 5.91 Å². The predicted octanol–water partition coefficient (Wildman–Crippen LogP) is 4.56. The van der Waals surface area contributed by atoms with Crippen LogP contribution in [0.2, 0.25) is 0 Å². The number of nitrogens with one attached hydrogen (secondary N) is 1. The summed E-state index contributed by atoms with van der Waals surface area (Å²) in [6.07, 6.45) is 6.33. The fraction of sp³-hybridized carbons (Fsp3) is 0.267. The number of hydrogen-bond donors (Lipinski definition) is 1. The van der Waals surface area contributed by atoms with E-state index in [0.29, 0.717) is 11.7 Å². The summed E-state index contributed by atoms with van der Waals surface area (Å²) >= 11 is 5.12. The van der Waals surface area contributed by atoms with Crippen molar-refractivity contribution in [3.8, 4) is 0 Å². The molecule has 2 aromatic rings. The zero-order valence-corrected chi connectivity index (χ0v) is 13.5. The molecule has 1 amide bonds. The van der Waals surface area contributed by atoms with Crippen LogP contribution < -0.4 is 5.32 Å². The summed E-state index contributed by atoms with van der Waals surface area (Å²) in [4.78, 5) is 13.6. The molecular formula is C15H15BrN2OS. The van der Waals surface area contributed by atoms with E-state index in [1.807, 2.05) is 42.8 Å². The van der Waals surface area contributed by atoms with Gasteiger partial charge in [-0.2, -0.15) is 0 Å². The molecule has 0 radical (unpaired) electrons. The van der Waals surface area contributed by atoms with Crippen LogP contribution in [0.15, 0.2) is 45.9 Å². The highest BCUT2D eigenvalue weighted by molar-refractivity contribution is 9.10. The van der Waals surface area contributed by atoms with Gasteiger partial charge in [-0.05, 0) is 59.3 Å². The third-order valence-corrected chi connectivity index (χ3v) is 4.47. The van der Waals surface area contributed by atoms with Gasteiger partial charge in [0, 0.05) is 27.3 Å². The molecule has 1 fully saturated rings. The molecule has 0 atom stereocenters. The Labute approximate surface area is 130 Å². The fourth-order valence-electron chi connectivity index (χ4n) is 2.18. The van der Waals surface area contributed by atoms with E-state index in [-0.39, 0.29) is 5.91 Å². The van der Waals surface area contributed by atoms with Gasteiger partial charge in [0.2, 0.25) is 0 Å². The molecule has 0 saturated heterocycles. The Morgan fingerprint density at radius 1 is 1.40 bits per heavy atom. The Bertz CT molecular complexity index is 649. The second-order valence-electron chi connectivity index (χ2n) is 4.87. The highest BCUT2D eigenvalue weighted by atomic mass is 79.9. The zero-order valence-electron chi connectivity index (χ0n) is 11.1. The summed E-state index contributed by atoms with van der Waals surface area (Å²) in [5.74, 6) is -0.0548. The molecular weight excluding hydrogens is 336 g/mol. The number of carbonyl (C=O) groups excluding carboxylic acids is 1. The molecule has 1 N–H and O–H groups in total. The minimum Gasteiger partial charge on any atom is -0.339 e. The molecule has 1 aliphatic rings. The molecule has 1 aromatic heterocycles. The van der Waals surface area contributed by atoms with Gasteiger partial charge in [-0.1, -0.05) is 6.07 Å². The van der Waals surface area contributed by atoms with Crippen LogP contribution in [0.4, 0.5) is 5.69 Å². The first kappa shape index (κ1) is 13.8. The number of thioether (sulfide) groups is 1. The van der Waals surface area contributed by atoms with E-state index in [4.69, 9.17) is 0 Å². The Balaban J connectivity index is 1.82. The van der Waals surface area contributed by atoms with Gasteiger partial charge < -0.3 is 9.88 Å². The Morgan fingerprint density at radius 3 is 2.90 bits per heavy atom. The number of rotatable bonds is 4. The monoisotopic (exact) mass is 350 g/mol. The lowest BCUT2D eigenvalue weighted by Crippen LogP contribution is -2.16. The quantitative estimate of drug-likeness (QED) is 0.820. The average molecular weight is 351 g/mol. The first-order valence-electron chi connectivity index (χ1n) is 6.50. The minimum atomic E-state index is -0.0548. The van der Waals surface area contributed by atoms with Crippen molar-refractivity contribution in [2.45, 2.75) is 23.8 Å². The first-order chi connectivity index (χ1) is 9.67. The molecule has 3 nitrogen and oxygen atoms in total. The van der Waals surface area contributed by atoms with Crippen molar-refractivity contribution >= 4 is 39.3 Å². The van der Waals surface area contributed by atoms with Crippen molar-refractivity contribution < 1.29 is 4.79 Å². The van der Waals surface area contributed by atoms with Gasteiger partial charge in [-0.25, -0.2) is 0 Å². The Hall–Kier alpha value is -1.20. The van der Waals surface area contributed by atoms with Crippen LogP contribution >= 0.6 is 27.7 Å². The SMILES string of the molecule is CSc1cccc(NC(=O)c2cc(Br)cn2C2CC2)c1. The lowest BCUT2D eigenvalue weighted by atomic mass is 10.3. The first-order valence-corrected chi connectivity index (χ1v) is 8.52. The standard InChI is InChI=1S/C15H15BrN2OS/c1-20-13-4-2-3-11(8-13)17-15(19)14-7-10(16)9-18(14)12-5-6-12/h2-4,7-9,12H,5-6H2,1H3,(H,17,19).